The van der Waals surface area contributed by atoms with Gasteiger partial charge in [-0.1, -0.05) is 0 Å². The minimum atomic E-state index is 0.0263. The van der Waals surface area contributed by atoms with Gasteiger partial charge in [0.25, 0.3) is 0 Å². The Kier molecular flexibility index (Phi) is 24.0. The summed E-state index contributed by atoms with van der Waals surface area (Å²) in [5, 5.41) is 20.5. The second-order valence-electron chi connectivity index (χ2n) is 10.8. The minimum absolute atomic E-state index is 0.0263. The number of aryl methyl sites for hydroxylation is 2. The minimum Gasteiger partial charge on any atom is -0.394 e. The highest BCUT2D eigenvalue weighted by atomic mass is 32.1. The normalized spacial score (nSPS) is 13.1. The van der Waals surface area contributed by atoms with E-state index in [4.69, 9.17) is 47.7 Å². The van der Waals surface area contributed by atoms with Gasteiger partial charge in [-0.25, -0.2) is 4.57 Å². The van der Waals surface area contributed by atoms with E-state index < -0.39 is 0 Å². The SMILES string of the molecule is CC[n+]1ccsc1/N=N/c1ccc2c(c1)CCCN2CCOCCOCCOCCOCCOCCOCCOCCOCCOCCO. The fourth-order valence-electron chi connectivity index (χ4n) is 4.77. The van der Waals surface area contributed by atoms with E-state index in [2.05, 4.69) is 38.8 Å². The van der Waals surface area contributed by atoms with E-state index in [1.165, 1.54) is 11.3 Å². The van der Waals surface area contributed by atoms with Crippen molar-refractivity contribution in [2.45, 2.75) is 26.3 Å². The third-order valence-electron chi connectivity index (χ3n) is 7.25. The first kappa shape index (κ1) is 41.3. The maximum absolute atomic E-state index is 8.60. The van der Waals surface area contributed by atoms with Crippen molar-refractivity contribution in [2.75, 3.05) is 144 Å². The molecule has 0 saturated carbocycles. The molecular weight excluding hydrogens is 656 g/mol. The lowest BCUT2D eigenvalue weighted by Crippen LogP contribution is -2.32. The van der Waals surface area contributed by atoms with Crippen molar-refractivity contribution in [3.63, 3.8) is 0 Å². The Morgan fingerprint density at radius 2 is 1.16 bits per heavy atom. The van der Waals surface area contributed by atoms with E-state index in [1.807, 2.05) is 17.6 Å². The molecule has 278 valence electrons. The van der Waals surface area contributed by atoms with E-state index >= 15 is 0 Å². The van der Waals surface area contributed by atoms with Crippen molar-refractivity contribution in [1.29, 1.82) is 0 Å². The van der Waals surface area contributed by atoms with Crippen LogP contribution in [0.2, 0.25) is 0 Å². The molecule has 14 nitrogen and oxygen atoms in total. The molecule has 0 radical (unpaired) electrons. The number of hydrogen-bond donors (Lipinski definition) is 1. The van der Waals surface area contributed by atoms with Crippen LogP contribution < -0.4 is 9.47 Å². The van der Waals surface area contributed by atoms with Gasteiger partial charge >= 0.3 is 5.13 Å². The maximum Gasteiger partial charge on any atom is 0.408 e. The van der Waals surface area contributed by atoms with Crippen LogP contribution in [0, 0.1) is 0 Å². The van der Waals surface area contributed by atoms with Crippen molar-refractivity contribution in [3.8, 4) is 0 Å². The fourth-order valence-corrected chi connectivity index (χ4v) is 5.52. The van der Waals surface area contributed by atoms with Crippen molar-refractivity contribution in [3.05, 3.63) is 35.3 Å². The maximum atomic E-state index is 8.60. The van der Waals surface area contributed by atoms with Crippen LogP contribution in [0.15, 0.2) is 40.0 Å². The Labute approximate surface area is 295 Å². The van der Waals surface area contributed by atoms with E-state index in [-0.39, 0.29) is 6.61 Å². The highest BCUT2D eigenvalue weighted by molar-refractivity contribution is 7.12. The zero-order chi connectivity index (χ0) is 34.5. The summed E-state index contributed by atoms with van der Waals surface area (Å²) in [7, 11) is 0. The molecule has 1 aromatic heterocycles. The third kappa shape index (κ3) is 19.2. The summed E-state index contributed by atoms with van der Waals surface area (Å²) in [5.74, 6) is 0. The van der Waals surface area contributed by atoms with Crippen LogP contribution in [0.5, 0.6) is 0 Å². The summed E-state index contributed by atoms with van der Waals surface area (Å²) in [5.41, 5.74) is 3.47. The van der Waals surface area contributed by atoms with Crippen LogP contribution in [0.3, 0.4) is 0 Å². The topological polar surface area (TPSA) is 135 Å². The molecule has 0 unspecified atom stereocenters. The molecule has 0 aliphatic carbocycles. The molecule has 1 aliphatic rings. The van der Waals surface area contributed by atoms with Crippen molar-refractivity contribution >= 4 is 27.8 Å². The fraction of sp³-hybridized carbons (Fsp3) is 0.735. The highest BCUT2D eigenvalue weighted by Crippen LogP contribution is 2.31. The van der Waals surface area contributed by atoms with Gasteiger partial charge in [0.15, 0.2) is 0 Å². The largest absolute Gasteiger partial charge is 0.408 e. The van der Waals surface area contributed by atoms with E-state index in [9.17, 15) is 0 Å². The Hall–Kier alpha value is -2.15. The number of ether oxygens (including phenoxy) is 9. The van der Waals surface area contributed by atoms with Crippen LogP contribution in [0.4, 0.5) is 16.5 Å². The Balaban J connectivity index is 1.04. The molecule has 0 bridgehead atoms. The molecule has 1 aliphatic heterocycles. The molecule has 0 atom stereocenters. The number of aliphatic hydroxyl groups excluding tert-OH is 1. The van der Waals surface area contributed by atoms with E-state index in [0.29, 0.717) is 119 Å². The van der Waals surface area contributed by atoms with Gasteiger partial charge in [0.2, 0.25) is 0 Å². The molecule has 2 heterocycles. The summed E-state index contributed by atoms with van der Waals surface area (Å²) in [6, 6.07) is 6.36. The first-order valence-electron chi connectivity index (χ1n) is 17.4. The number of fused-ring (bicyclic) bond motifs is 1. The number of azo groups is 1. The molecule has 1 N–H and O–H groups in total. The smallest absolute Gasteiger partial charge is 0.394 e. The molecule has 0 spiro atoms. The molecule has 0 saturated heterocycles. The van der Waals surface area contributed by atoms with Gasteiger partial charge in [0.05, 0.1) is 137 Å². The number of aliphatic hydroxyl groups is 1. The number of hydrogen-bond acceptors (Lipinski definition) is 14. The number of rotatable bonds is 32. The lowest BCUT2D eigenvalue weighted by molar-refractivity contribution is -0.676. The number of benzene rings is 1. The molecule has 3 rings (SSSR count). The van der Waals surface area contributed by atoms with Gasteiger partial charge in [-0.05, 0) is 60.0 Å². The lowest BCUT2D eigenvalue weighted by atomic mass is 10.0. The van der Waals surface area contributed by atoms with Gasteiger partial charge in [0, 0.05) is 24.2 Å². The third-order valence-corrected chi connectivity index (χ3v) is 8.03. The Morgan fingerprint density at radius 3 is 1.65 bits per heavy atom. The van der Waals surface area contributed by atoms with Gasteiger partial charge in [-0.2, -0.15) is 0 Å². The summed E-state index contributed by atoms with van der Waals surface area (Å²) in [6.45, 7) is 14.1. The average Bonchev–Trinajstić information content (AvgIpc) is 3.59. The number of aromatic nitrogens is 1. The standard InChI is InChI=1S/C34H57N4O10S/c1-2-37-9-29-49-34(37)36-35-32-5-6-33-31(30-32)4-3-7-38(33)8-11-40-13-15-42-17-19-44-21-23-46-25-27-48-28-26-47-24-22-45-20-18-43-16-14-41-12-10-39/h5-6,9,29-30,39H,2-4,7-8,10-28H2,1H3/q+1. The number of anilines is 1. The summed E-state index contributed by atoms with van der Waals surface area (Å²) < 4.78 is 51.4. The summed E-state index contributed by atoms with van der Waals surface area (Å²) >= 11 is 1.60. The summed E-state index contributed by atoms with van der Waals surface area (Å²) in [6.07, 6.45) is 4.21. The van der Waals surface area contributed by atoms with Crippen molar-refractivity contribution in [1.82, 2.24) is 0 Å². The Bertz CT molecular complexity index is 1110. The molecular formula is C34H57N4O10S+. The molecule has 15 heteroatoms. The first-order valence-corrected chi connectivity index (χ1v) is 18.3. The van der Waals surface area contributed by atoms with Gasteiger partial charge in [-0.3, -0.25) is 0 Å². The molecule has 0 fully saturated rings. The predicted molar refractivity (Wildman–Crippen MR) is 186 cm³/mol. The zero-order valence-electron chi connectivity index (χ0n) is 29.2. The lowest BCUT2D eigenvalue weighted by Gasteiger charge is -2.31. The average molecular weight is 714 g/mol. The van der Waals surface area contributed by atoms with Gasteiger partial charge in [-0.15, -0.1) is 0 Å². The van der Waals surface area contributed by atoms with E-state index in [0.717, 1.165) is 43.3 Å². The number of thiazole rings is 1. The second kappa shape index (κ2) is 28.5. The van der Waals surface area contributed by atoms with Crippen molar-refractivity contribution in [2.24, 2.45) is 10.2 Å². The van der Waals surface area contributed by atoms with Crippen LogP contribution in [-0.2, 0) is 55.6 Å². The second-order valence-corrected chi connectivity index (χ2v) is 11.7. The van der Waals surface area contributed by atoms with Crippen LogP contribution >= 0.6 is 11.3 Å². The van der Waals surface area contributed by atoms with Crippen molar-refractivity contribution < 1.29 is 52.3 Å². The quantitative estimate of drug-likeness (QED) is 0.0680. The van der Waals surface area contributed by atoms with Crippen LogP contribution in [0.25, 0.3) is 0 Å². The number of nitrogens with zero attached hydrogens (tertiary/aromatic N) is 4. The van der Waals surface area contributed by atoms with Crippen LogP contribution in [-0.4, -0.2) is 144 Å². The molecule has 49 heavy (non-hydrogen) atoms. The monoisotopic (exact) mass is 713 g/mol. The summed E-state index contributed by atoms with van der Waals surface area (Å²) in [4.78, 5) is 2.39. The van der Waals surface area contributed by atoms with Crippen LogP contribution in [0.1, 0.15) is 18.9 Å². The predicted octanol–water partition coefficient (Wildman–Crippen LogP) is 3.37. The van der Waals surface area contributed by atoms with E-state index in [1.54, 1.807) is 11.3 Å². The molecule has 2 aromatic rings. The van der Waals surface area contributed by atoms with Gasteiger partial charge in [0.1, 0.15) is 11.9 Å². The molecule has 0 amide bonds. The molecule has 1 aromatic carbocycles. The Morgan fingerprint density at radius 1 is 0.673 bits per heavy atom. The van der Waals surface area contributed by atoms with Gasteiger partial charge < -0.3 is 52.6 Å². The first-order chi connectivity index (χ1) is 24.3. The zero-order valence-corrected chi connectivity index (χ0v) is 30.0. The highest BCUT2D eigenvalue weighted by Gasteiger charge is 2.18.